The summed E-state index contributed by atoms with van der Waals surface area (Å²) in [6.07, 6.45) is 8.01. The second kappa shape index (κ2) is 10.1. The Bertz CT molecular complexity index is 971. The molecule has 168 valence electrons. The Kier molecular flexibility index (Phi) is 7.05. The summed E-state index contributed by atoms with van der Waals surface area (Å²) in [7, 11) is 3.15. The molecule has 32 heavy (non-hydrogen) atoms. The summed E-state index contributed by atoms with van der Waals surface area (Å²) >= 11 is 0. The van der Waals surface area contributed by atoms with Crippen LogP contribution in [0, 0.1) is 17.8 Å². The third kappa shape index (κ3) is 4.93. The first-order valence-electron chi connectivity index (χ1n) is 11.6. The molecule has 0 aromatic heterocycles. The van der Waals surface area contributed by atoms with E-state index in [0.29, 0.717) is 0 Å². The smallest absolute Gasteiger partial charge is 0.308 e. The number of carbonyl (C=O) groups excluding carboxylic acids is 1. The average molecular weight is 433 g/mol. The van der Waals surface area contributed by atoms with Gasteiger partial charge in [-0.15, -0.1) is 0 Å². The largest absolute Gasteiger partial charge is 0.493 e. The molecule has 2 saturated carbocycles. The summed E-state index contributed by atoms with van der Waals surface area (Å²) in [4.78, 5) is 12.1. The lowest BCUT2D eigenvalue weighted by atomic mass is 9.67. The molecular weight excluding hydrogens is 400 g/mol. The fourth-order valence-corrected chi connectivity index (χ4v) is 4.96. The van der Waals surface area contributed by atoms with Gasteiger partial charge >= 0.3 is 5.97 Å². The van der Waals surface area contributed by atoms with Gasteiger partial charge in [-0.25, -0.2) is 0 Å². The molecule has 2 aromatic rings. The van der Waals surface area contributed by atoms with Crippen molar-refractivity contribution < 1.29 is 19.0 Å². The van der Waals surface area contributed by atoms with E-state index < -0.39 is 0 Å². The summed E-state index contributed by atoms with van der Waals surface area (Å²) < 4.78 is 17.0. The minimum absolute atomic E-state index is 0.0564. The zero-order chi connectivity index (χ0) is 22.4. The molecule has 2 fully saturated rings. The van der Waals surface area contributed by atoms with Gasteiger partial charge < -0.3 is 14.2 Å². The predicted molar refractivity (Wildman–Crippen MR) is 125 cm³/mol. The Morgan fingerprint density at radius 1 is 0.938 bits per heavy atom. The molecule has 4 nitrogen and oxygen atoms in total. The SMILES string of the molecule is COC(=O)C1CCC(C#Cc2ccccc2)(c2ccc(OC)c(OC3CCCC3)c2)CC1. The van der Waals surface area contributed by atoms with Crippen molar-refractivity contribution >= 4 is 5.97 Å². The fraction of sp³-hybridized carbons (Fsp3) is 0.464. The maximum absolute atomic E-state index is 12.1. The van der Waals surface area contributed by atoms with Crippen molar-refractivity contribution in [1.82, 2.24) is 0 Å². The zero-order valence-corrected chi connectivity index (χ0v) is 19.1. The van der Waals surface area contributed by atoms with E-state index in [4.69, 9.17) is 14.2 Å². The molecule has 0 atom stereocenters. The Morgan fingerprint density at radius 2 is 1.66 bits per heavy atom. The number of esters is 1. The van der Waals surface area contributed by atoms with E-state index >= 15 is 0 Å². The Hall–Kier alpha value is -2.93. The van der Waals surface area contributed by atoms with Gasteiger partial charge in [0.1, 0.15) is 0 Å². The molecule has 4 heteroatoms. The standard InChI is InChI=1S/C28H32O4/c1-30-25-13-12-23(20-26(25)32-24-10-6-7-11-24)28(17-14-21-8-4-3-5-9-21)18-15-22(16-19-28)27(29)31-2/h3-5,8-9,12-13,20,22,24H,6-7,10-11,15-16,18-19H2,1-2H3. The van der Waals surface area contributed by atoms with Gasteiger partial charge in [-0.1, -0.05) is 36.1 Å². The lowest BCUT2D eigenvalue weighted by molar-refractivity contribution is -0.146. The Morgan fingerprint density at radius 3 is 2.31 bits per heavy atom. The molecular formula is C28H32O4. The average Bonchev–Trinajstić information content (AvgIpc) is 3.36. The third-order valence-corrected chi connectivity index (χ3v) is 6.91. The van der Waals surface area contributed by atoms with Crippen molar-refractivity contribution in [3.05, 3.63) is 59.7 Å². The number of carbonyl (C=O) groups is 1. The molecule has 2 aliphatic rings. The highest BCUT2D eigenvalue weighted by molar-refractivity contribution is 5.72. The number of methoxy groups -OCH3 is 2. The van der Waals surface area contributed by atoms with Crippen LogP contribution in [0.25, 0.3) is 0 Å². The van der Waals surface area contributed by atoms with E-state index in [1.54, 1.807) is 7.11 Å². The molecule has 4 rings (SSSR count). The third-order valence-electron chi connectivity index (χ3n) is 6.91. The van der Waals surface area contributed by atoms with Crippen molar-refractivity contribution in [1.29, 1.82) is 0 Å². The number of hydrogen-bond acceptors (Lipinski definition) is 4. The van der Waals surface area contributed by atoms with Crippen LogP contribution in [0.2, 0.25) is 0 Å². The van der Waals surface area contributed by atoms with Crippen LogP contribution < -0.4 is 9.47 Å². The van der Waals surface area contributed by atoms with Gasteiger partial charge in [-0.3, -0.25) is 4.79 Å². The van der Waals surface area contributed by atoms with Crippen LogP contribution in [0.4, 0.5) is 0 Å². The van der Waals surface area contributed by atoms with E-state index in [1.807, 2.05) is 36.4 Å². The monoisotopic (exact) mass is 432 g/mol. The van der Waals surface area contributed by atoms with Gasteiger partial charge in [0, 0.05) is 5.56 Å². The maximum atomic E-state index is 12.1. The van der Waals surface area contributed by atoms with Crippen molar-refractivity contribution in [2.24, 2.45) is 5.92 Å². The van der Waals surface area contributed by atoms with Crippen LogP contribution in [-0.4, -0.2) is 26.3 Å². The molecule has 0 heterocycles. The highest BCUT2D eigenvalue weighted by Crippen LogP contribution is 2.44. The molecule has 0 N–H and O–H groups in total. The van der Waals surface area contributed by atoms with Gasteiger partial charge in [0.05, 0.1) is 31.7 Å². The molecule has 0 unspecified atom stereocenters. The second-order valence-electron chi connectivity index (χ2n) is 8.89. The maximum Gasteiger partial charge on any atom is 0.308 e. The summed E-state index contributed by atoms with van der Waals surface area (Å²) in [5.74, 6) is 8.39. The number of hydrogen-bond donors (Lipinski definition) is 0. The van der Waals surface area contributed by atoms with E-state index in [1.165, 1.54) is 20.0 Å². The highest BCUT2D eigenvalue weighted by Gasteiger charge is 2.39. The van der Waals surface area contributed by atoms with Crippen molar-refractivity contribution in [2.75, 3.05) is 14.2 Å². The molecule has 2 aliphatic carbocycles. The number of benzene rings is 2. The van der Waals surface area contributed by atoms with Crippen molar-refractivity contribution in [3.8, 4) is 23.3 Å². The van der Waals surface area contributed by atoms with E-state index in [-0.39, 0.29) is 23.4 Å². The molecule has 0 aliphatic heterocycles. The normalized spacial score (nSPS) is 23.1. The zero-order valence-electron chi connectivity index (χ0n) is 19.1. The minimum Gasteiger partial charge on any atom is -0.493 e. The van der Waals surface area contributed by atoms with Crippen molar-refractivity contribution in [3.63, 3.8) is 0 Å². The van der Waals surface area contributed by atoms with E-state index in [0.717, 1.165) is 61.2 Å². The Balaban J connectivity index is 1.68. The lowest BCUT2D eigenvalue weighted by Gasteiger charge is -2.36. The first-order chi connectivity index (χ1) is 15.6. The van der Waals surface area contributed by atoms with E-state index in [2.05, 4.69) is 24.0 Å². The first-order valence-corrected chi connectivity index (χ1v) is 11.6. The lowest BCUT2D eigenvalue weighted by Crippen LogP contribution is -2.33. The molecule has 0 bridgehead atoms. The van der Waals surface area contributed by atoms with Crippen LogP contribution in [-0.2, 0) is 14.9 Å². The van der Waals surface area contributed by atoms with E-state index in [9.17, 15) is 4.79 Å². The van der Waals surface area contributed by atoms with Gasteiger partial charge in [0.25, 0.3) is 0 Å². The van der Waals surface area contributed by atoms with Crippen molar-refractivity contribution in [2.45, 2.75) is 62.9 Å². The minimum atomic E-state index is -0.333. The predicted octanol–water partition coefficient (Wildman–Crippen LogP) is 5.67. The fourth-order valence-electron chi connectivity index (χ4n) is 4.96. The topological polar surface area (TPSA) is 44.8 Å². The molecule has 0 spiro atoms. The molecule has 0 radical (unpaired) electrons. The quantitative estimate of drug-likeness (QED) is 0.451. The Labute approximate surface area is 191 Å². The van der Waals surface area contributed by atoms with Gasteiger partial charge in [0.2, 0.25) is 0 Å². The van der Waals surface area contributed by atoms with Gasteiger partial charge in [-0.05, 0) is 81.2 Å². The highest BCUT2D eigenvalue weighted by atomic mass is 16.5. The number of ether oxygens (including phenoxy) is 3. The summed E-state index contributed by atoms with van der Waals surface area (Å²) in [5.41, 5.74) is 1.80. The summed E-state index contributed by atoms with van der Waals surface area (Å²) in [5, 5.41) is 0. The van der Waals surface area contributed by atoms with Crippen LogP contribution in [0.3, 0.4) is 0 Å². The molecule has 0 saturated heterocycles. The molecule has 2 aromatic carbocycles. The summed E-state index contributed by atoms with van der Waals surface area (Å²) in [6, 6.07) is 16.3. The van der Waals surface area contributed by atoms with Gasteiger partial charge in [-0.2, -0.15) is 0 Å². The summed E-state index contributed by atoms with van der Waals surface area (Å²) in [6.45, 7) is 0. The second-order valence-corrected chi connectivity index (χ2v) is 8.89. The van der Waals surface area contributed by atoms with Crippen LogP contribution >= 0.6 is 0 Å². The molecule has 0 amide bonds. The van der Waals surface area contributed by atoms with Crippen LogP contribution in [0.15, 0.2) is 48.5 Å². The van der Waals surface area contributed by atoms with Gasteiger partial charge in [0.15, 0.2) is 11.5 Å². The first kappa shape index (κ1) is 22.3. The number of rotatable bonds is 5. The van der Waals surface area contributed by atoms with Crippen LogP contribution in [0.1, 0.15) is 62.5 Å². The van der Waals surface area contributed by atoms with Crippen LogP contribution in [0.5, 0.6) is 11.5 Å².